The largest absolute Gasteiger partial charge is 0.478 e. The molecule has 0 saturated heterocycles. The Labute approximate surface area is 124 Å². The van der Waals surface area contributed by atoms with Crippen molar-refractivity contribution in [3.8, 4) is 0 Å². The Balaban J connectivity index is 2.68. The van der Waals surface area contributed by atoms with Gasteiger partial charge in [0, 0.05) is 28.9 Å². The zero-order valence-corrected chi connectivity index (χ0v) is 12.5. The molecule has 20 heavy (non-hydrogen) atoms. The van der Waals surface area contributed by atoms with E-state index in [1.165, 1.54) is 18.2 Å². The number of carbonyl (C=O) groups excluding carboxylic acids is 1. The number of benzene rings is 1. The minimum absolute atomic E-state index is 0.0210. The maximum Gasteiger partial charge on any atom is 0.335 e. The van der Waals surface area contributed by atoms with Crippen LogP contribution in [0, 0.1) is 0 Å². The summed E-state index contributed by atoms with van der Waals surface area (Å²) in [5, 5.41) is 13.9. The summed E-state index contributed by atoms with van der Waals surface area (Å²) in [7, 11) is -1.03. The average Bonchev–Trinajstić information content (AvgIpc) is 2.38. The summed E-state index contributed by atoms with van der Waals surface area (Å²) in [5.74, 6) is -1.11. The summed E-state index contributed by atoms with van der Waals surface area (Å²) >= 11 is 5.87. The van der Waals surface area contributed by atoms with Crippen molar-refractivity contribution in [1.82, 2.24) is 5.32 Å². The van der Waals surface area contributed by atoms with Gasteiger partial charge in [-0.1, -0.05) is 11.6 Å². The summed E-state index contributed by atoms with van der Waals surface area (Å²) in [6.07, 6.45) is 1.55. The predicted molar refractivity (Wildman–Crippen MR) is 79.0 cm³/mol. The van der Waals surface area contributed by atoms with Crippen LogP contribution >= 0.6 is 11.6 Å². The van der Waals surface area contributed by atoms with Gasteiger partial charge in [0.25, 0.3) is 0 Å². The van der Waals surface area contributed by atoms with Gasteiger partial charge >= 0.3 is 12.0 Å². The SMILES string of the molecule is CC(CNC(=O)Nc1cc(C(=O)O)ccc1Cl)S(C)=O. The van der Waals surface area contributed by atoms with Gasteiger partial charge in [-0.05, 0) is 25.1 Å². The second-order valence-electron chi connectivity index (χ2n) is 4.14. The summed E-state index contributed by atoms with van der Waals surface area (Å²) < 4.78 is 11.1. The molecule has 1 aromatic rings. The molecule has 0 bridgehead atoms. The van der Waals surface area contributed by atoms with Crippen molar-refractivity contribution >= 4 is 40.1 Å². The molecule has 2 amide bonds. The Morgan fingerprint density at radius 3 is 2.65 bits per heavy atom. The molecule has 1 aromatic carbocycles. The molecule has 110 valence electrons. The summed E-state index contributed by atoms with van der Waals surface area (Å²) in [6, 6.07) is 3.47. The van der Waals surface area contributed by atoms with Crippen molar-refractivity contribution in [3.05, 3.63) is 28.8 Å². The maximum atomic E-state index is 11.6. The van der Waals surface area contributed by atoms with E-state index in [4.69, 9.17) is 16.7 Å². The van der Waals surface area contributed by atoms with Gasteiger partial charge < -0.3 is 15.7 Å². The van der Waals surface area contributed by atoms with Gasteiger partial charge in [0.1, 0.15) is 0 Å². The van der Waals surface area contributed by atoms with Gasteiger partial charge in [0.05, 0.1) is 16.3 Å². The molecular formula is C12H15ClN2O4S. The zero-order valence-electron chi connectivity index (χ0n) is 11.0. The Hall–Kier alpha value is -1.60. The molecule has 0 aliphatic heterocycles. The Morgan fingerprint density at radius 1 is 1.45 bits per heavy atom. The van der Waals surface area contributed by atoms with Crippen LogP contribution in [0.4, 0.5) is 10.5 Å². The van der Waals surface area contributed by atoms with Crippen molar-refractivity contribution in [2.45, 2.75) is 12.2 Å². The van der Waals surface area contributed by atoms with E-state index in [-0.39, 0.29) is 28.1 Å². The number of urea groups is 1. The van der Waals surface area contributed by atoms with Crippen LogP contribution in [0.1, 0.15) is 17.3 Å². The number of aromatic carboxylic acids is 1. The van der Waals surface area contributed by atoms with Crippen molar-refractivity contribution in [3.63, 3.8) is 0 Å². The molecule has 0 aliphatic carbocycles. The number of carboxylic acids is 1. The molecule has 0 fully saturated rings. The normalized spacial score (nSPS) is 13.3. The highest BCUT2D eigenvalue weighted by Gasteiger charge is 2.11. The summed E-state index contributed by atoms with van der Waals surface area (Å²) in [4.78, 5) is 22.5. The number of anilines is 1. The number of rotatable bonds is 5. The van der Waals surface area contributed by atoms with Crippen LogP contribution in [0.15, 0.2) is 18.2 Å². The molecule has 0 heterocycles. The van der Waals surface area contributed by atoms with Gasteiger partial charge in [-0.2, -0.15) is 0 Å². The number of amides is 2. The summed E-state index contributed by atoms with van der Waals surface area (Å²) in [5.41, 5.74) is 0.224. The quantitative estimate of drug-likeness (QED) is 0.773. The Kier molecular flexibility index (Phi) is 5.97. The van der Waals surface area contributed by atoms with E-state index < -0.39 is 22.8 Å². The van der Waals surface area contributed by atoms with Crippen LogP contribution in [0.3, 0.4) is 0 Å². The average molecular weight is 319 g/mol. The number of carboxylic acid groups (broad SMARTS) is 1. The molecule has 0 aromatic heterocycles. The molecule has 0 radical (unpaired) electrons. The molecule has 0 saturated carbocycles. The van der Waals surface area contributed by atoms with Crippen molar-refractivity contribution in [2.75, 3.05) is 18.1 Å². The second-order valence-corrected chi connectivity index (χ2v) is 6.35. The third-order valence-corrected chi connectivity index (χ3v) is 4.21. The fraction of sp³-hybridized carbons (Fsp3) is 0.333. The topological polar surface area (TPSA) is 95.5 Å². The first kappa shape index (κ1) is 16.5. The molecule has 2 atom stereocenters. The first-order valence-electron chi connectivity index (χ1n) is 5.71. The van der Waals surface area contributed by atoms with E-state index in [2.05, 4.69) is 10.6 Å². The van der Waals surface area contributed by atoms with Crippen molar-refractivity contribution in [1.29, 1.82) is 0 Å². The highest BCUT2D eigenvalue weighted by Crippen LogP contribution is 2.22. The molecule has 8 heteroatoms. The molecule has 0 aliphatic rings. The molecule has 1 rings (SSSR count). The van der Waals surface area contributed by atoms with E-state index in [0.717, 1.165) is 0 Å². The fourth-order valence-corrected chi connectivity index (χ4v) is 1.76. The minimum atomic E-state index is -1.11. The zero-order chi connectivity index (χ0) is 15.3. The fourth-order valence-electron chi connectivity index (χ4n) is 1.27. The first-order chi connectivity index (χ1) is 9.31. The third-order valence-electron chi connectivity index (χ3n) is 2.58. The van der Waals surface area contributed by atoms with Crippen LogP contribution in [-0.2, 0) is 10.8 Å². The van der Waals surface area contributed by atoms with Crippen LogP contribution in [0.5, 0.6) is 0 Å². The minimum Gasteiger partial charge on any atom is -0.478 e. The van der Waals surface area contributed by atoms with Crippen LogP contribution < -0.4 is 10.6 Å². The Morgan fingerprint density at radius 2 is 2.10 bits per heavy atom. The van der Waals surface area contributed by atoms with E-state index in [0.29, 0.717) is 0 Å². The third kappa shape index (κ3) is 4.82. The lowest BCUT2D eigenvalue weighted by molar-refractivity contribution is 0.0697. The molecule has 2 unspecified atom stereocenters. The van der Waals surface area contributed by atoms with Gasteiger partial charge in [-0.3, -0.25) is 4.21 Å². The first-order valence-corrected chi connectivity index (χ1v) is 7.71. The lowest BCUT2D eigenvalue weighted by atomic mass is 10.2. The smallest absolute Gasteiger partial charge is 0.335 e. The molecule has 3 N–H and O–H groups in total. The molecular weight excluding hydrogens is 304 g/mol. The lowest BCUT2D eigenvalue weighted by Gasteiger charge is -2.12. The maximum absolute atomic E-state index is 11.6. The molecule has 0 spiro atoms. The number of nitrogens with one attached hydrogen (secondary N) is 2. The van der Waals surface area contributed by atoms with E-state index in [1.807, 2.05) is 0 Å². The van der Waals surface area contributed by atoms with Crippen LogP contribution in [0.25, 0.3) is 0 Å². The number of halogens is 1. The van der Waals surface area contributed by atoms with Gasteiger partial charge in [0.2, 0.25) is 0 Å². The second kappa shape index (κ2) is 7.25. The van der Waals surface area contributed by atoms with Gasteiger partial charge in [0.15, 0.2) is 0 Å². The predicted octanol–water partition coefficient (Wildman–Crippen LogP) is 1.93. The number of carbonyl (C=O) groups is 2. The molecule has 6 nitrogen and oxygen atoms in total. The highest BCUT2D eigenvalue weighted by atomic mass is 35.5. The highest BCUT2D eigenvalue weighted by molar-refractivity contribution is 7.84. The Bertz CT molecular complexity index is 550. The van der Waals surface area contributed by atoms with E-state index in [1.54, 1.807) is 13.2 Å². The van der Waals surface area contributed by atoms with E-state index in [9.17, 15) is 13.8 Å². The monoisotopic (exact) mass is 318 g/mol. The van der Waals surface area contributed by atoms with Crippen LogP contribution in [0.2, 0.25) is 5.02 Å². The number of hydrogen-bond acceptors (Lipinski definition) is 3. The van der Waals surface area contributed by atoms with Crippen molar-refractivity contribution < 1.29 is 18.9 Å². The van der Waals surface area contributed by atoms with Gasteiger partial charge in [-0.15, -0.1) is 0 Å². The van der Waals surface area contributed by atoms with E-state index >= 15 is 0 Å². The summed E-state index contributed by atoms with van der Waals surface area (Å²) in [6.45, 7) is 1.99. The van der Waals surface area contributed by atoms with Crippen molar-refractivity contribution in [2.24, 2.45) is 0 Å². The lowest BCUT2D eigenvalue weighted by Crippen LogP contribution is -2.35. The van der Waals surface area contributed by atoms with Gasteiger partial charge in [-0.25, -0.2) is 9.59 Å². The number of hydrogen-bond donors (Lipinski definition) is 3. The van der Waals surface area contributed by atoms with Crippen LogP contribution in [-0.4, -0.2) is 39.4 Å². The standard InChI is InChI=1S/C12H15ClN2O4S/c1-7(20(2)19)6-14-12(18)15-10-5-8(11(16)17)3-4-9(10)13/h3-5,7H,6H2,1-2H3,(H,16,17)(H2,14,15,18).